The Labute approximate surface area is 360 Å². The Morgan fingerprint density at radius 3 is 2.43 bits per heavy atom. The van der Waals surface area contributed by atoms with Crippen molar-refractivity contribution in [3.63, 3.8) is 0 Å². The van der Waals surface area contributed by atoms with E-state index in [1.54, 1.807) is 41.6 Å². The number of hydrogen-bond donors (Lipinski definition) is 2. The van der Waals surface area contributed by atoms with Crippen LogP contribution in [0, 0.1) is 31.4 Å². The number of hydrogen-bond acceptors (Lipinski definition) is 8. The van der Waals surface area contributed by atoms with Crippen molar-refractivity contribution in [1.82, 2.24) is 38.5 Å². The molecule has 7 aromatic rings. The summed E-state index contributed by atoms with van der Waals surface area (Å²) in [6, 6.07) is 14.0. The number of carbonyl (C=O) groups excluding carboxylic acids is 1. The third kappa shape index (κ3) is 5.97. The fourth-order valence-corrected chi connectivity index (χ4v) is 11.3. The molecule has 0 bridgehead atoms. The summed E-state index contributed by atoms with van der Waals surface area (Å²) in [5.41, 5.74) is 4.06. The van der Waals surface area contributed by atoms with Gasteiger partial charge in [-0.3, -0.25) is 23.4 Å². The van der Waals surface area contributed by atoms with Gasteiger partial charge in [0.25, 0.3) is 5.91 Å². The highest BCUT2D eigenvalue weighted by Crippen LogP contribution is 2.56. The second-order valence-corrected chi connectivity index (χ2v) is 18.5. The van der Waals surface area contributed by atoms with Gasteiger partial charge in [-0.25, -0.2) is 27.3 Å². The summed E-state index contributed by atoms with van der Waals surface area (Å²) in [6.45, 7) is 8.92. The first-order chi connectivity index (χ1) is 30.3. The molecule has 2 N–H and O–H groups in total. The lowest BCUT2D eigenvalue weighted by atomic mass is 9.91. The molecule has 1 amide bonds. The molecule has 1 saturated carbocycles. The lowest BCUT2D eigenvalue weighted by Gasteiger charge is -2.34. The van der Waals surface area contributed by atoms with Crippen LogP contribution < -0.4 is 16.2 Å². The Kier molecular flexibility index (Phi) is 8.96. The summed E-state index contributed by atoms with van der Waals surface area (Å²) in [5, 5.41) is 10.1. The largest absolute Gasteiger partial charge is 0.438 e. The predicted molar refractivity (Wildman–Crippen MR) is 229 cm³/mol. The number of carbonyl (C=O) groups is 1. The quantitative estimate of drug-likeness (QED) is 0.187. The monoisotopic (exact) mass is 875 g/mol. The van der Waals surface area contributed by atoms with Crippen molar-refractivity contribution in [2.75, 3.05) is 24.5 Å². The Bertz CT molecular complexity index is 3180. The van der Waals surface area contributed by atoms with Crippen LogP contribution in [-0.2, 0) is 33.4 Å². The smallest absolute Gasteiger partial charge is 0.381 e. The normalized spacial score (nSPS) is 22.1. The van der Waals surface area contributed by atoms with Gasteiger partial charge in [-0.15, -0.1) is 0 Å². The molecule has 3 aliphatic heterocycles. The third-order valence-electron chi connectivity index (χ3n) is 13.6. The molecule has 18 heteroatoms. The van der Waals surface area contributed by atoms with Crippen molar-refractivity contribution < 1.29 is 27.0 Å². The van der Waals surface area contributed by atoms with Crippen molar-refractivity contribution in [2.24, 2.45) is 5.92 Å². The zero-order valence-electron chi connectivity index (χ0n) is 34.9. The van der Waals surface area contributed by atoms with Gasteiger partial charge in [0, 0.05) is 60.6 Å². The van der Waals surface area contributed by atoms with Gasteiger partial charge >= 0.3 is 11.4 Å². The maximum Gasteiger partial charge on any atom is 0.438 e. The molecule has 0 spiro atoms. The maximum absolute atomic E-state index is 16.0. The van der Waals surface area contributed by atoms with E-state index in [1.165, 1.54) is 27.6 Å². The summed E-state index contributed by atoms with van der Waals surface area (Å²) in [7, 11) is -1.48. The molecule has 63 heavy (non-hydrogen) atoms. The zero-order valence-corrected chi connectivity index (χ0v) is 35.7. The summed E-state index contributed by atoms with van der Waals surface area (Å²) in [6.07, 6.45) is 5.72. The van der Waals surface area contributed by atoms with Crippen molar-refractivity contribution in [3.8, 4) is 17.2 Å². The summed E-state index contributed by atoms with van der Waals surface area (Å²) >= 11 is 0. The first-order valence-corrected chi connectivity index (χ1v) is 22.4. The molecule has 1 unspecified atom stereocenters. The molecular formula is C45H43F2N9O6S. The molecule has 4 aromatic heterocycles. The Hall–Kier alpha value is -6.40. The van der Waals surface area contributed by atoms with Crippen LogP contribution in [0.25, 0.3) is 28.1 Å². The van der Waals surface area contributed by atoms with Crippen LogP contribution >= 0.6 is 0 Å². The molecule has 3 aromatic carbocycles. The van der Waals surface area contributed by atoms with Crippen LogP contribution in [0.15, 0.2) is 75.0 Å². The van der Waals surface area contributed by atoms with E-state index in [0.717, 1.165) is 29.3 Å². The van der Waals surface area contributed by atoms with Crippen LogP contribution in [0.5, 0.6) is 0 Å². The number of aromatic amines is 1. The van der Waals surface area contributed by atoms with Crippen molar-refractivity contribution in [2.45, 2.75) is 76.6 Å². The van der Waals surface area contributed by atoms with Gasteiger partial charge in [-0.1, -0.05) is 18.1 Å². The Balaban J connectivity index is 1.06. The highest BCUT2D eigenvalue weighted by atomic mass is 32.2. The van der Waals surface area contributed by atoms with Gasteiger partial charge in [0.1, 0.15) is 33.9 Å². The first-order valence-electron chi connectivity index (χ1n) is 21.1. The van der Waals surface area contributed by atoms with Gasteiger partial charge in [0.2, 0.25) is 0 Å². The maximum atomic E-state index is 16.0. The van der Waals surface area contributed by atoms with Gasteiger partial charge in [-0.05, 0) is 111 Å². The number of aromatic nitrogens is 7. The molecule has 4 atom stereocenters. The van der Waals surface area contributed by atoms with Gasteiger partial charge in [-0.2, -0.15) is 5.10 Å². The third-order valence-corrected chi connectivity index (χ3v) is 14.6. The topological polar surface area (TPSA) is 167 Å². The van der Waals surface area contributed by atoms with Crippen LogP contribution in [0.3, 0.4) is 0 Å². The number of anilines is 1. The van der Waals surface area contributed by atoms with Gasteiger partial charge in [0.05, 0.1) is 34.6 Å². The summed E-state index contributed by atoms with van der Waals surface area (Å²) in [5.74, 6) is -1.04. The molecule has 7 heterocycles. The molecule has 4 aliphatic rings. The average molecular weight is 876 g/mol. The minimum atomic E-state index is -1.48. The summed E-state index contributed by atoms with van der Waals surface area (Å²) in [4.78, 5) is 47.0. The number of benzene rings is 3. The first kappa shape index (κ1) is 39.4. The number of aryl methyl sites for hydroxylation is 2. The summed E-state index contributed by atoms with van der Waals surface area (Å²) < 4.78 is 63.0. The molecule has 11 rings (SSSR count). The van der Waals surface area contributed by atoms with Crippen molar-refractivity contribution in [3.05, 3.63) is 139 Å². The fourth-order valence-electron chi connectivity index (χ4n) is 10.3. The van der Waals surface area contributed by atoms with Crippen LogP contribution in [0.4, 0.5) is 14.5 Å². The van der Waals surface area contributed by atoms with E-state index >= 15 is 13.6 Å². The Morgan fingerprint density at radius 1 is 0.968 bits per heavy atom. The number of nitrogens with one attached hydrogen (secondary N) is 2. The number of ether oxygens (including phenoxy) is 1. The van der Waals surface area contributed by atoms with E-state index in [4.69, 9.17) is 14.4 Å². The highest BCUT2D eigenvalue weighted by molar-refractivity contribution is 7.86. The highest BCUT2D eigenvalue weighted by Gasteiger charge is 2.59. The van der Waals surface area contributed by atoms with Crippen molar-refractivity contribution in [1.29, 1.82) is 0 Å². The minimum Gasteiger partial charge on any atom is -0.381 e. The van der Waals surface area contributed by atoms with Crippen LogP contribution in [0.2, 0.25) is 0 Å². The minimum absolute atomic E-state index is 0.00163. The molecule has 324 valence electrons. The number of amides is 1. The second kappa shape index (κ2) is 14.3. The molecule has 0 radical (unpaired) electrons. The van der Waals surface area contributed by atoms with Crippen LogP contribution in [0.1, 0.15) is 94.9 Å². The number of imidazole rings is 1. The number of fused-ring (bicyclic) bond motifs is 3. The van der Waals surface area contributed by atoms with E-state index < -0.39 is 39.8 Å². The molecule has 1 saturated heterocycles. The SMILES string of the molecule is Cc1cc(-n2nc3c(c2-n2ccn(-c4ccc5c(c4F)CS(=O)N5)c2=O)[C@H](C)N(C(=O)c2cc4cc(C5CCOCC5)ccc4n2[C@@]2(c4noc(=O)[nH]4)C[C@@H]2C)CC3)cc(C)c1F. The number of H-pyrrole nitrogens is 1. The second-order valence-electron chi connectivity index (χ2n) is 17.3. The van der Waals surface area contributed by atoms with E-state index in [0.29, 0.717) is 83.1 Å². The van der Waals surface area contributed by atoms with Gasteiger partial charge in [0.15, 0.2) is 11.6 Å². The van der Waals surface area contributed by atoms with E-state index in [2.05, 4.69) is 33.9 Å². The van der Waals surface area contributed by atoms with Crippen molar-refractivity contribution >= 4 is 33.5 Å². The van der Waals surface area contributed by atoms with Gasteiger partial charge < -0.3 is 18.9 Å². The fraction of sp³-hybridized carbons (Fsp3) is 0.356. The van der Waals surface area contributed by atoms with E-state index in [1.807, 2.05) is 23.6 Å². The predicted octanol–water partition coefficient (Wildman–Crippen LogP) is 6.37. The van der Waals surface area contributed by atoms with E-state index in [9.17, 15) is 13.8 Å². The standard InChI is InChI=1S/C45H43F2N9O6S/c1-23-17-30(18-24(2)38(23)46)56-40(54-14-13-53(44(54)59)35-8-6-32-31(39(35)47)22-63(60)51-32)37-26(4)52(12-9-33(37)49-56)41(57)36-20-29-19-28(27-10-15-61-16-11-27)5-7-34(29)55(36)45(21-25(45)3)42-48-43(58)62-50-42/h5-8,13-14,17-20,25-27,51H,9-12,15-16,21-22H2,1-4H3,(H,48,50,58)/t25-,26-,45-,63?/m0/s1. The van der Waals surface area contributed by atoms with E-state index in [-0.39, 0.29) is 41.2 Å². The average Bonchev–Trinajstić information content (AvgIpc) is 3.91. The zero-order chi connectivity index (χ0) is 43.6. The molecule has 15 nitrogen and oxygen atoms in total. The lowest BCUT2D eigenvalue weighted by Crippen LogP contribution is -2.41. The van der Waals surface area contributed by atoms with Crippen LogP contribution in [-0.4, -0.2) is 68.4 Å². The number of nitrogens with zero attached hydrogens (tertiary/aromatic N) is 7. The number of halogens is 2. The number of rotatable bonds is 7. The Morgan fingerprint density at radius 2 is 1.71 bits per heavy atom. The molecule has 1 aliphatic carbocycles. The molecular weight excluding hydrogens is 833 g/mol. The lowest BCUT2D eigenvalue weighted by molar-refractivity contribution is 0.0663. The molecule has 2 fully saturated rings.